The number of hydrogen-bond acceptors (Lipinski definition) is 3. The quantitative estimate of drug-likeness (QED) is 0.856. The zero-order valence-corrected chi connectivity index (χ0v) is 11.1. The maximum atomic E-state index is 12.9. The molecule has 0 aliphatic carbocycles. The van der Waals surface area contributed by atoms with Gasteiger partial charge < -0.3 is 5.32 Å². The Balaban J connectivity index is 2.11. The predicted octanol–water partition coefficient (Wildman–Crippen LogP) is 2.95. The first kappa shape index (κ1) is 12.3. The zero-order valence-electron chi connectivity index (χ0n) is 11.1. The van der Waals surface area contributed by atoms with Crippen LogP contribution in [-0.2, 0) is 0 Å². The number of fused-ring (bicyclic) bond motifs is 1. The first-order valence-electron chi connectivity index (χ1n) is 6.89. The lowest BCUT2D eigenvalue weighted by molar-refractivity contribution is 0.0865. The van der Waals surface area contributed by atoms with Crippen molar-refractivity contribution in [2.24, 2.45) is 0 Å². The molecule has 0 amide bonds. The van der Waals surface area contributed by atoms with E-state index in [-0.39, 0.29) is 11.3 Å². The van der Waals surface area contributed by atoms with Gasteiger partial charge in [0.1, 0.15) is 0 Å². The van der Waals surface area contributed by atoms with Crippen molar-refractivity contribution in [1.82, 2.24) is 10.3 Å². The van der Waals surface area contributed by atoms with E-state index in [0.29, 0.717) is 0 Å². The van der Waals surface area contributed by atoms with E-state index in [1.165, 1.54) is 0 Å². The van der Waals surface area contributed by atoms with Gasteiger partial charge >= 0.3 is 0 Å². The van der Waals surface area contributed by atoms with Gasteiger partial charge in [-0.05, 0) is 37.3 Å². The van der Waals surface area contributed by atoms with Crippen LogP contribution in [0, 0.1) is 0 Å². The summed E-state index contributed by atoms with van der Waals surface area (Å²) in [4.78, 5) is 17.1. The molecular weight excluding hydrogens is 236 g/mol. The molecule has 1 fully saturated rings. The number of benzene rings is 1. The molecule has 98 valence electrons. The summed E-state index contributed by atoms with van der Waals surface area (Å²) in [5.41, 5.74) is 0.452. The monoisotopic (exact) mass is 254 g/mol. The van der Waals surface area contributed by atoms with E-state index in [2.05, 4.69) is 17.2 Å². The van der Waals surface area contributed by atoms with E-state index in [0.717, 1.165) is 42.1 Å². The molecule has 3 rings (SSSR count). The van der Waals surface area contributed by atoms with Crippen LogP contribution in [0.2, 0.25) is 0 Å². The number of carbonyl (C=O) groups excluding carboxylic acids is 1. The summed E-state index contributed by atoms with van der Waals surface area (Å²) >= 11 is 0. The Kier molecular flexibility index (Phi) is 3.07. The summed E-state index contributed by atoms with van der Waals surface area (Å²) < 4.78 is 0. The Morgan fingerprint density at radius 1 is 1.42 bits per heavy atom. The van der Waals surface area contributed by atoms with Gasteiger partial charge in [-0.15, -0.1) is 0 Å². The van der Waals surface area contributed by atoms with Gasteiger partial charge in [0, 0.05) is 23.3 Å². The highest BCUT2D eigenvalue weighted by atomic mass is 16.1. The lowest BCUT2D eigenvalue weighted by Crippen LogP contribution is -2.47. The van der Waals surface area contributed by atoms with Gasteiger partial charge in [0.15, 0.2) is 5.78 Å². The van der Waals surface area contributed by atoms with Gasteiger partial charge in [0.2, 0.25) is 0 Å². The summed E-state index contributed by atoms with van der Waals surface area (Å²) in [7, 11) is 0. The molecule has 3 nitrogen and oxygen atoms in total. The molecule has 2 heterocycles. The molecular formula is C16H18N2O. The second kappa shape index (κ2) is 4.74. The van der Waals surface area contributed by atoms with Crippen LogP contribution in [0.4, 0.5) is 0 Å². The molecule has 0 radical (unpaired) electrons. The Bertz CT molecular complexity index is 610. The molecule has 1 saturated heterocycles. The molecule has 1 N–H and O–H groups in total. The standard InChI is InChI=1S/C16H18N2O/c1-2-16(8-4-9-18-16)15(19)14-6-3-5-12-11-17-10-7-13(12)14/h3,5-7,10-11,18H,2,4,8-9H2,1H3. The number of ketones is 1. The average molecular weight is 254 g/mol. The summed E-state index contributed by atoms with van der Waals surface area (Å²) in [6.45, 7) is 3.02. The Morgan fingerprint density at radius 3 is 3.05 bits per heavy atom. The fraction of sp³-hybridized carbons (Fsp3) is 0.375. The van der Waals surface area contributed by atoms with E-state index >= 15 is 0 Å². The molecule has 0 spiro atoms. The Morgan fingerprint density at radius 2 is 2.32 bits per heavy atom. The highest BCUT2D eigenvalue weighted by molar-refractivity contribution is 6.12. The fourth-order valence-corrected chi connectivity index (χ4v) is 3.04. The zero-order chi connectivity index (χ0) is 13.3. The smallest absolute Gasteiger partial charge is 0.183 e. The normalized spacial score (nSPS) is 22.8. The van der Waals surface area contributed by atoms with E-state index in [9.17, 15) is 4.79 Å². The van der Waals surface area contributed by atoms with Gasteiger partial charge in [0.05, 0.1) is 5.54 Å². The van der Waals surface area contributed by atoms with E-state index in [1.54, 1.807) is 6.20 Å². The summed E-state index contributed by atoms with van der Waals surface area (Å²) in [6.07, 6.45) is 6.41. The van der Waals surface area contributed by atoms with Crippen LogP contribution < -0.4 is 5.32 Å². The summed E-state index contributed by atoms with van der Waals surface area (Å²) in [6, 6.07) is 7.80. The molecule has 1 aliphatic rings. The molecule has 2 aromatic rings. The van der Waals surface area contributed by atoms with Gasteiger partial charge in [-0.3, -0.25) is 9.78 Å². The molecule has 1 unspecified atom stereocenters. The molecule has 19 heavy (non-hydrogen) atoms. The van der Waals surface area contributed by atoms with Crippen LogP contribution in [0.25, 0.3) is 10.8 Å². The van der Waals surface area contributed by atoms with E-state index < -0.39 is 0 Å². The highest BCUT2D eigenvalue weighted by Crippen LogP contribution is 2.30. The molecule has 1 atom stereocenters. The van der Waals surface area contributed by atoms with Crippen molar-refractivity contribution in [3.8, 4) is 0 Å². The molecule has 1 aliphatic heterocycles. The Labute approximate surface area is 113 Å². The van der Waals surface area contributed by atoms with Crippen LogP contribution in [0.1, 0.15) is 36.5 Å². The SMILES string of the molecule is CCC1(C(=O)c2cccc3cnccc23)CCCN1. The number of nitrogens with one attached hydrogen (secondary N) is 1. The highest BCUT2D eigenvalue weighted by Gasteiger charge is 2.39. The van der Waals surface area contributed by atoms with Crippen molar-refractivity contribution < 1.29 is 4.79 Å². The second-order valence-electron chi connectivity index (χ2n) is 5.20. The van der Waals surface area contributed by atoms with Crippen molar-refractivity contribution in [3.05, 3.63) is 42.2 Å². The lowest BCUT2D eigenvalue weighted by atomic mass is 9.84. The van der Waals surface area contributed by atoms with Crippen molar-refractivity contribution in [2.45, 2.75) is 31.7 Å². The largest absolute Gasteiger partial charge is 0.305 e. The number of aromatic nitrogens is 1. The summed E-state index contributed by atoms with van der Waals surface area (Å²) in [5, 5.41) is 5.45. The number of rotatable bonds is 3. The van der Waals surface area contributed by atoms with Crippen molar-refractivity contribution in [2.75, 3.05) is 6.54 Å². The van der Waals surface area contributed by atoms with E-state index in [1.807, 2.05) is 30.5 Å². The van der Waals surface area contributed by atoms with Gasteiger partial charge in [-0.1, -0.05) is 25.1 Å². The lowest BCUT2D eigenvalue weighted by Gasteiger charge is -2.27. The van der Waals surface area contributed by atoms with Gasteiger partial charge in [-0.25, -0.2) is 0 Å². The minimum absolute atomic E-state index is 0.226. The third-order valence-corrected chi connectivity index (χ3v) is 4.21. The molecule has 1 aromatic carbocycles. The molecule has 0 saturated carbocycles. The maximum Gasteiger partial charge on any atom is 0.183 e. The maximum absolute atomic E-state index is 12.9. The topological polar surface area (TPSA) is 42.0 Å². The molecule has 0 bridgehead atoms. The predicted molar refractivity (Wildman–Crippen MR) is 76.3 cm³/mol. The average Bonchev–Trinajstić information content (AvgIpc) is 2.96. The second-order valence-corrected chi connectivity index (χ2v) is 5.20. The van der Waals surface area contributed by atoms with Crippen LogP contribution in [0.5, 0.6) is 0 Å². The van der Waals surface area contributed by atoms with Crippen molar-refractivity contribution >= 4 is 16.6 Å². The third-order valence-electron chi connectivity index (χ3n) is 4.21. The van der Waals surface area contributed by atoms with Crippen molar-refractivity contribution in [3.63, 3.8) is 0 Å². The number of carbonyl (C=O) groups is 1. The molecule has 1 aromatic heterocycles. The van der Waals surface area contributed by atoms with Gasteiger partial charge in [0.25, 0.3) is 0 Å². The number of Topliss-reactive ketones (excluding diaryl/α,β-unsaturated/α-hetero) is 1. The minimum atomic E-state index is -0.364. The number of pyridine rings is 1. The first-order valence-corrected chi connectivity index (χ1v) is 6.89. The minimum Gasteiger partial charge on any atom is -0.305 e. The van der Waals surface area contributed by atoms with Crippen LogP contribution in [-0.4, -0.2) is 22.9 Å². The first-order chi connectivity index (χ1) is 9.27. The fourth-order valence-electron chi connectivity index (χ4n) is 3.04. The Hall–Kier alpha value is -1.74. The van der Waals surface area contributed by atoms with Crippen LogP contribution >= 0.6 is 0 Å². The van der Waals surface area contributed by atoms with E-state index in [4.69, 9.17) is 0 Å². The van der Waals surface area contributed by atoms with Crippen molar-refractivity contribution in [1.29, 1.82) is 0 Å². The van der Waals surface area contributed by atoms with Crippen LogP contribution in [0.3, 0.4) is 0 Å². The van der Waals surface area contributed by atoms with Gasteiger partial charge in [-0.2, -0.15) is 0 Å². The van der Waals surface area contributed by atoms with Crippen LogP contribution in [0.15, 0.2) is 36.7 Å². The summed E-state index contributed by atoms with van der Waals surface area (Å²) in [5.74, 6) is 0.226. The molecule has 3 heteroatoms. The third kappa shape index (κ3) is 1.94. The number of nitrogens with zero attached hydrogens (tertiary/aromatic N) is 1. The number of hydrogen-bond donors (Lipinski definition) is 1.